The molecule has 1 rings (SSSR count). The van der Waals surface area contributed by atoms with Crippen molar-refractivity contribution in [2.75, 3.05) is 12.4 Å². The summed E-state index contributed by atoms with van der Waals surface area (Å²) in [5.41, 5.74) is -0.0547. The molecule has 0 heterocycles. The summed E-state index contributed by atoms with van der Waals surface area (Å²) < 4.78 is 4.30. The number of carboxylic acids is 1. The van der Waals surface area contributed by atoms with Crippen molar-refractivity contribution in [1.29, 1.82) is 0 Å². The quantitative estimate of drug-likeness (QED) is 0.640. The fourth-order valence-electron chi connectivity index (χ4n) is 0.930. The van der Waals surface area contributed by atoms with E-state index in [-0.39, 0.29) is 17.0 Å². The smallest absolute Gasteiger partial charge is 0.411 e. The molecule has 15 heavy (non-hydrogen) atoms. The lowest BCUT2D eigenvalue weighted by Gasteiger charge is -2.06. The molecule has 0 aromatic heterocycles. The molecule has 1 amide bonds. The topological polar surface area (TPSA) is 95.9 Å². The van der Waals surface area contributed by atoms with E-state index in [2.05, 4.69) is 10.1 Å². The molecular formula is C9H9NO5. The molecule has 0 spiro atoms. The normalized spacial score (nSPS) is 9.40. The van der Waals surface area contributed by atoms with Crippen molar-refractivity contribution in [2.45, 2.75) is 0 Å². The van der Waals surface area contributed by atoms with Crippen LogP contribution >= 0.6 is 0 Å². The zero-order chi connectivity index (χ0) is 11.4. The van der Waals surface area contributed by atoms with Crippen LogP contribution in [0, 0.1) is 0 Å². The van der Waals surface area contributed by atoms with Gasteiger partial charge in [-0.2, -0.15) is 0 Å². The Bertz CT molecular complexity index is 401. The summed E-state index contributed by atoms with van der Waals surface area (Å²) in [5.74, 6) is -1.38. The first-order valence-corrected chi connectivity index (χ1v) is 3.96. The number of nitrogens with one attached hydrogen (secondary N) is 1. The van der Waals surface area contributed by atoms with Crippen LogP contribution in [0.2, 0.25) is 0 Å². The van der Waals surface area contributed by atoms with Crippen molar-refractivity contribution in [1.82, 2.24) is 0 Å². The Labute approximate surface area is 85.1 Å². The van der Waals surface area contributed by atoms with Crippen molar-refractivity contribution < 1.29 is 24.5 Å². The van der Waals surface area contributed by atoms with E-state index >= 15 is 0 Å². The van der Waals surface area contributed by atoms with Crippen LogP contribution in [0.5, 0.6) is 5.75 Å². The second-order valence-corrected chi connectivity index (χ2v) is 2.65. The number of phenolic OH excluding ortho intramolecular Hbond substituents is 1. The number of phenols is 1. The Balaban J connectivity index is 3.00. The van der Waals surface area contributed by atoms with Gasteiger partial charge in [-0.15, -0.1) is 0 Å². The van der Waals surface area contributed by atoms with Gasteiger partial charge in [0.05, 0.1) is 18.4 Å². The number of methoxy groups -OCH3 is 1. The maximum Gasteiger partial charge on any atom is 0.411 e. The highest BCUT2D eigenvalue weighted by Crippen LogP contribution is 2.24. The first kappa shape index (κ1) is 10.8. The third-order valence-corrected chi connectivity index (χ3v) is 1.67. The summed E-state index contributed by atoms with van der Waals surface area (Å²) in [6.45, 7) is 0. The van der Waals surface area contributed by atoms with Crippen LogP contribution in [0.3, 0.4) is 0 Å². The maximum atomic E-state index is 10.8. The van der Waals surface area contributed by atoms with Gasteiger partial charge in [-0.25, -0.2) is 9.59 Å². The number of carbonyl (C=O) groups excluding carboxylic acids is 1. The summed E-state index contributed by atoms with van der Waals surface area (Å²) in [4.78, 5) is 21.4. The van der Waals surface area contributed by atoms with Crippen LogP contribution in [0.1, 0.15) is 10.4 Å². The molecule has 1 aromatic rings. The monoisotopic (exact) mass is 211 g/mol. The molecule has 6 nitrogen and oxygen atoms in total. The molecule has 80 valence electrons. The van der Waals surface area contributed by atoms with Gasteiger partial charge in [-0.1, -0.05) is 0 Å². The second-order valence-electron chi connectivity index (χ2n) is 2.65. The number of amides is 1. The van der Waals surface area contributed by atoms with Crippen LogP contribution in [-0.4, -0.2) is 29.4 Å². The Morgan fingerprint density at radius 3 is 2.60 bits per heavy atom. The standard InChI is InChI=1S/C9H9NO5/c1-15-9(14)10-6-4-5(8(12)13)2-3-7(6)11/h2-4,11H,1H3,(H,10,14)(H,12,13). The van der Waals surface area contributed by atoms with Gasteiger partial charge in [-0.3, -0.25) is 5.32 Å². The molecule has 0 radical (unpaired) electrons. The molecule has 0 bridgehead atoms. The van der Waals surface area contributed by atoms with Crippen molar-refractivity contribution in [3.8, 4) is 5.75 Å². The zero-order valence-electron chi connectivity index (χ0n) is 7.85. The average Bonchev–Trinajstić information content (AvgIpc) is 2.20. The van der Waals surface area contributed by atoms with Gasteiger partial charge < -0.3 is 14.9 Å². The molecule has 6 heteroatoms. The summed E-state index contributed by atoms with van der Waals surface area (Å²) in [6.07, 6.45) is -0.784. The van der Waals surface area contributed by atoms with Gasteiger partial charge in [0, 0.05) is 0 Å². The van der Waals surface area contributed by atoms with Gasteiger partial charge in [0.15, 0.2) is 0 Å². The Hall–Kier alpha value is -2.24. The van der Waals surface area contributed by atoms with Crippen LogP contribution < -0.4 is 5.32 Å². The molecular weight excluding hydrogens is 202 g/mol. The number of hydrogen-bond donors (Lipinski definition) is 3. The van der Waals surface area contributed by atoms with Crippen molar-refractivity contribution in [2.24, 2.45) is 0 Å². The molecule has 0 saturated heterocycles. The van der Waals surface area contributed by atoms with E-state index in [0.717, 1.165) is 13.2 Å². The number of anilines is 1. The molecule has 0 fully saturated rings. The van der Waals surface area contributed by atoms with Gasteiger partial charge in [0.1, 0.15) is 5.75 Å². The Morgan fingerprint density at radius 1 is 1.40 bits per heavy atom. The molecule has 1 aromatic carbocycles. The lowest BCUT2D eigenvalue weighted by Crippen LogP contribution is -2.11. The maximum absolute atomic E-state index is 10.8. The number of rotatable bonds is 2. The number of benzene rings is 1. The SMILES string of the molecule is COC(=O)Nc1cc(C(=O)O)ccc1O. The highest BCUT2D eigenvalue weighted by molar-refractivity contribution is 5.92. The number of carbonyl (C=O) groups is 2. The predicted molar refractivity (Wildman–Crippen MR) is 51.1 cm³/mol. The van der Waals surface area contributed by atoms with E-state index < -0.39 is 12.1 Å². The largest absolute Gasteiger partial charge is 0.506 e. The van der Waals surface area contributed by atoms with E-state index in [1.54, 1.807) is 0 Å². The highest BCUT2D eigenvalue weighted by Gasteiger charge is 2.10. The molecule has 3 N–H and O–H groups in total. The number of aromatic hydroxyl groups is 1. The molecule has 0 saturated carbocycles. The zero-order valence-corrected chi connectivity index (χ0v) is 7.85. The Morgan fingerprint density at radius 2 is 2.07 bits per heavy atom. The lowest BCUT2D eigenvalue weighted by atomic mass is 10.2. The summed E-state index contributed by atoms with van der Waals surface area (Å²) in [7, 11) is 1.16. The van der Waals surface area contributed by atoms with Crippen LogP contribution in [0.4, 0.5) is 10.5 Å². The van der Waals surface area contributed by atoms with Gasteiger partial charge >= 0.3 is 12.1 Å². The van der Waals surface area contributed by atoms with Crippen molar-refractivity contribution in [3.05, 3.63) is 23.8 Å². The summed E-state index contributed by atoms with van der Waals surface area (Å²) >= 11 is 0. The first-order chi connectivity index (χ1) is 7.04. The third-order valence-electron chi connectivity index (χ3n) is 1.67. The minimum Gasteiger partial charge on any atom is -0.506 e. The fraction of sp³-hybridized carbons (Fsp3) is 0.111. The molecule has 0 aliphatic rings. The molecule has 0 aliphatic heterocycles. The summed E-state index contributed by atoms with van der Waals surface area (Å²) in [5, 5.41) is 20.1. The van der Waals surface area contributed by atoms with E-state index in [0.29, 0.717) is 0 Å². The Kier molecular flexibility index (Phi) is 3.12. The van der Waals surface area contributed by atoms with Gasteiger partial charge in [-0.05, 0) is 18.2 Å². The average molecular weight is 211 g/mol. The van der Waals surface area contributed by atoms with E-state index in [1.165, 1.54) is 12.1 Å². The number of carboxylic acid groups (broad SMARTS) is 1. The van der Waals surface area contributed by atoms with Crippen molar-refractivity contribution in [3.63, 3.8) is 0 Å². The minimum absolute atomic E-state index is 0.0123. The van der Waals surface area contributed by atoms with Crippen molar-refractivity contribution >= 4 is 17.7 Å². The van der Waals surface area contributed by atoms with E-state index in [9.17, 15) is 14.7 Å². The second kappa shape index (κ2) is 4.32. The number of ether oxygens (including phenoxy) is 1. The van der Waals surface area contributed by atoms with Crippen LogP contribution in [0.25, 0.3) is 0 Å². The predicted octanol–water partition coefficient (Wildman–Crippen LogP) is 1.27. The lowest BCUT2D eigenvalue weighted by molar-refractivity contribution is 0.0697. The first-order valence-electron chi connectivity index (χ1n) is 3.96. The molecule has 0 aliphatic carbocycles. The van der Waals surface area contributed by atoms with E-state index in [1.807, 2.05) is 0 Å². The molecule has 0 unspecified atom stereocenters. The fourth-order valence-corrected chi connectivity index (χ4v) is 0.930. The molecule has 0 atom stereocenters. The van der Waals surface area contributed by atoms with E-state index in [4.69, 9.17) is 5.11 Å². The summed E-state index contributed by atoms with van der Waals surface area (Å²) in [6, 6.07) is 3.53. The van der Waals surface area contributed by atoms with Crippen LogP contribution in [0.15, 0.2) is 18.2 Å². The van der Waals surface area contributed by atoms with Gasteiger partial charge in [0.2, 0.25) is 0 Å². The van der Waals surface area contributed by atoms with Gasteiger partial charge in [0.25, 0.3) is 0 Å². The third kappa shape index (κ3) is 2.60. The number of aromatic carboxylic acids is 1. The highest BCUT2D eigenvalue weighted by atomic mass is 16.5. The van der Waals surface area contributed by atoms with Crippen LogP contribution in [-0.2, 0) is 4.74 Å². The number of hydrogen-bond acceptors (Lipinski definition) is 4. The minimum atomic E-state index is -1.15.